The van der Waals surface area contributed by atoms with Gasteiger partial charge >= 0.3 is 0 Å². The summed E-state index contributed by atoms with van der Waals surface area (Å²) >= 11 is 0. The minimum Gasteiger partial charge on any atom is -0.309 e. The van der Waals surface area contributed by atoms with E-state index in [0.29, 0.717) is 5.56 Å². The van der Waals surface area contributed by atoms with Crippen molar-refractivity contribution in [3.63, 3.8) is 0 Å². The highest BCUT2D eigenvalue weighted by Gasteiger charge is 2.22. The van der Waals surface area contributed by atoms with E-state index in [-0.39, 0.29) is 0 Å². The summed E-state index contributed by atoms with van der Waals surface area (Å²) in [6.45, 7) is 0. The molecule has 53 heavy (non-hydrogen) atoms. The van der Waals surface area contributed by atoms with Crippen molar-refractivity contribution in [3.05, 3.63) is 188 Å². The molecule has 0 saturated carbocycles. The van der Waals surface area contributed by atoms with Gasteiger partial charge in [0.05, 0.1) is 50.4 Å². The maximum atomic E-state index is 10.4. The van der Waals surface area contributed by atoms with Crippen LogP contribution in [0.1, 0.15) is 5.56 Å². The van der Waals surface area contributed by atoms with E-state index in [1.807, 2.05) is 12.1 Å². The van der Waals surface area contributed by atoms with Crippen LogP contribution in [-0.2, 0) is 0 Å². The Hall–Kier alpha value is -7.35. The average Bonchev–Trinajstić information content (AvgIpc) is 3.86. The fourth-order valence-electron chi connectivity index (χ4n) is 8.71. The molecule has 0 saturated heterocycles. The van der Waals surface area contributed by atoms with Gasteiger partial charge in [-0.2, -0.15) is 5.26 Å². The molecule has 0 radical (unpaired) electrons. The highest BCUT2D eigenvalue weighted by molar-refractivity contribution is 6.29. The smallest absolute Gasteiger partial charge is 0.0992 e. The summed E-state index contributed by atoms with van der Waals surface area (Å²) in [5, 5.41) is 17.7. The minimum absolute atomic E-state index is 0.617. The number of fused-ring (bicyclic) bond motifs is 10. The van der Waals surface area contributed by atoms with Crippen molar-refractivity contribution >= 4 is 65.4 Å². The Morgan fingerprint density at radius 1 is 0.358 bits per heavy atom. The molecule has 3 heterocycles. The Labute approximate surface area is 305 Å². The molecular weight excluding hydrogens is 645 g/mol. The highest BCUT2D eigenvalue weighted by atomic mass is 15.0. The van der Waals surface area contributed by atoms with Gasteiger partial charge in [0.25, 0.3) is 0 Å². The second-order valence-corrected chi connectivity index (χ2v) is 13.7. The van der Waals surface area contributed by atoms with Crippen LogP contribution in [0.25, 0.3) is 93.6 Å². The van der Waals surface area contributed by atoms with Crippen molar-refractivity contribution < 1.29 is 0 Å². The number of nitriles is 1. The third-order valence-corrected chi connectivity index (χ3v) is 10.8. The number of hydrogen-bond acceptors (Lipinski definition) is 1. The Balaban J connectivity index is 1.20. The summed E-state index contributed by atoms with van der Waals surface area (Å²) in [6.07, 6.45) is 0. The first-order chi connectivity index (χ1) is 26.3. The topological polar surface area (TPSA) is 38.6 Å². The van der Waals surface area contributed by atoms with E-state index in [1.165, 1.54) is 43.4 Å². The number of aromatic nitrogens is 3. The van der Waals surface area contributed by atoms with Crippen LogP contribution in [0.4, 0.5) is 0 Å². The second-order valence-electron chi connectivity index (χ2n) is 13.7. The standard InChI is InChI=1S/C49H30N4/c50-31-32-28-33(30-35(29-32)52-42-22-10-5-17-37(42)38-18-6-11-23-43(38)52)36-16-4-9-21-41(36)53-45-25-13-8-20-40(45)49-47(53)27-26-46-48(49)39-19-7-12-24-44(39)51(46)34-14-2-1-3-15-34/h1-30H. The molecule has 0 aliphatic heterocycles. The van der Waals surface area contributed by atoms with Gasteiger partial charge in [0, 0.05) is 49.3 Å². The Morgan fingerprint density at radius 2 is 0.830 bits per heavy atom. The fourth-order valence-corrected chi connectivity index (χ4v) is 8.71. The van der Waals surface area contributed by atoms with E-state index >= 15 is 0 Å². The van der Waals surface area contributed by atoms with Gasteiger partial charge < -0.3 is 13.7 Å². The quantitative estimate of drug-likeness (QED) is 0.183. The van der Waals surface area contributed by atoms with E-state index < -0.39 is 0 Å². The van der Waals surface area contributed by atoms with Crippen LogP contribution >= 0.6 is 0 Å². The molecule has 0 amide bonds. The zero-order valence-corrected chi connectivity index (χ0v) is 28.6. The molecule has 4 nitrogen and oxygen atoms in total. The van der Waals surface area contributed by atoms with Crippen molar-refractivity contribution in [2.24, 2.45) is 0 Å². The van der Waals surface area contributed by atoms with Crippen molar-refractivity contribution in [2.75, 3.05) is 0 Å². The maximum absolute atomic E-state index is 10.4. The Morgan fingerprint density at radius 3 is 1.45 bits per heavy atom. The summed E-state index contributed by atoms with van der Waals surface area (Å²) in [5.74, 6) is 0. The monoisotopic (exact) mass is 674 g/mol. The van der Waals surface area contributed by atoms with Crippen LogP contribution in [0, 0.1) is 11.3 Å². The normalized spacial score (nSPS) is 11.8. The summed E-state index contributed by atoms with van der Waals surface area (Å²) in [6, 6.07) is 67.0. The first-order valence-electron chi connectivity index (χ1n) is 17.9. The number of benzene rings is 8. The number of rotatable bonds is 4. The first kappa shape index (κ1) is 29.4. The predicted octanol–water partition coefficient (Wildman–Crippen LogP) is 12.5. The molecule has 0 aliphatic carbocycles. The van der Waals surface area contributed by atoms with Crippen molar-refractivity contribution in [3.8, 4) is 34.3 Å². The number of nitrogens with zero attached hydrogens (tertiary/aromatic N) is 4. The highest BCUT2D eigenvalue weighted by Crippen LogP contribution is 2.44. The van der Waals surface area contributed by atoms with Gasteiger partial charge in [0.2, 0.25) is 0 Å². The SMILES string of the molecule is N#Cc1cc(-c2ccccc2-n2c3ccccc3c3c4c5ccccc5n(-c5ccccc5)c4ccc32)cc(-n2c3ccccc3c3ccccc32)c1. The van der Waals surface area contributed by atoms with E-state index in [1.54, 1.807) is 0 Å². The molecule has 0 fully saturated rings. The Kier molecular flexibility index (Phi) is 6.28. The van der Waals surface area contributed by atoms with Gasteiger partial charge in [-0.25, -0.2) is 0 Å². The third kappa shape index (κ3) is 4.22. The molecule has 0 aliphatic rings. The second kappa shape index (κ2) is 11.3. The molecule has 0 spiro atoms. The van der Waals surface area contributed by atoms with Crippen LogP contribution < -0.4 is 0 Å². The largest absolute Gasteiger partial charge is 0.309 e. The molecule has 11 aromatic rings. The van der Waals surface area contributed by atoms with Crippen LogP contribution in [-0.4, -0.2) is 13.7 Å². The van der Waals surface area contributed by atoms with Crippen molar-refractivity contribution in [1.29, 1.82) is 5.26 Å². The van der Waals surface area contributed by atoms with Gasteiger partial charge in [0.1, 0.15) is 0 Å². The van der Waals surface area contributed by atoms with E-state index in [4.69, 9.17) is 0 Å². The van der Waals surface area contributed by atoms with E-state index in [2.05, 4.69) is 190 Å². The van der Waals surface area contributed by atoms with Gasteiger partial charge in [-0.1, -0.05) is 109 Å². The molecule has 0 bridgehead atoms. The molecular formula is C49H30N4. The average molecular weight is 675 g/mol. The first-order valence-corrected chi connectivity index (χ1v) is 17.9. The molecule has 8 aromatic carbocycles. The molecule has 246 valence electrons. The lowest BCUT2D eigenvalue weighted by molar-refractivity contribution is 1.16. The van der Waals surface area contributed by atoms with Crippen LogP contribution in [0.15, 0.2) is 182 Å². The molecule has 0 atom stereocenters. The zero-order chi connectivity index (χ0) is 35.0. The number of para-hydroxylation sites is 6. The molecule has 3 aromatic heterocycles. The summed E-state index contributed by atoms with van der Waals surface area (Å²) in [4.78, 5) is 0. The number of hydrogen-bond donors (Lipinski definition) is 0. The Bertz CT molecular complexity index is 3240. The van der Waals surface area contributed by atoms with Gasteiger partial charge in [-0.3, -0.25) is 0 Å². The third-order valence-electron chi connectivity index (χ3n) is 10.8. The predicted molar refractivity (Wildman–Crippen MR) is 220 cm³/mol. The molecule has 0 N–H and O–H groups in total. The summed E-state index contributed by atoms with van der Waals surface area (Å²) < 4.78 is 7.08. The van der Waals surface area contributed by atoms with E-state index in [0.717, 1.165) is 50.3 Å². The van der Waals surface area contributed by atoms with Gasteiger partial charge in [-0.05, 0) is 78.4 Å². The van der Waals surface area contributed by atoms with Crippen LogP contribution in [0.2, 0.25) is 0 Å². The maximum Gasteiger partial charge on any atom is 0.0992 e. The lowest BCUT2D eigenvalue weighted by Gasteiger charge is -2.16. The molecule has 11 rings (SSSR count). The summed E-state index contributed by atoms with van der Waals surface area (Å²) in [7, 11) is 0. The lowest BCUT2D eigenvalue weighted by Crippen LogP contribution is -1.99. The zero-order valence-electron chi connectivity index (χ0n) is 28.6. The summed E-state index contributed by atoms with van der Waals surface area (Å²) in [5.41, 5.74) is 12.7. The lowest BCUT2D eigenvalue weighted by atomic mass is 10.00. The van der Waals surface area contributed by atoms with Crippen molar-refractivity contribution in [2.45, 2.75) is 0 Å². The molecule has 0 unspecified atom stereocenters. The van der Waals surface area contributed by atoms with Crippen molar-refractivity contribution in [1.82, 2.24) is 13.7 Å². The minimum atomic E-state index is 0.617. The van der Waals surface area contributed by atoms with Crippen LogP contribution in [0.5, 0.6) is 0 Å². The van der Waals surface area contributed by atoms with Gasteiger partial charge in [-0.15, -0.1) is 0 Å². The van der Waals surface area contributed by atoms with Crippen LogP contribution in [0.3, 0.4) is 0 Å². The molecule has 4 heteroatoms. The van der Waals surface area contributed by atoms with Gasteiger partial charge in [0.15, 0.2) is 0 Å². The fraction of sp³-hybridized carbons (Fsp3) is 0. The van der Waals surface area contributed by atoms with E-state index in [9.17, 15) is 5.26 Å².